The molecule has 0 atom stereocenters. The predicted octanol–water partition coefficient (Wildman–Crippen LogP) is 3.96. The second kappa shape index (κ2) is 5.21. The Balaban J connectivity index is 2.99. The summed E-state index contributed by atoms with van der Waals surface area (Å²) in [7, 11) is 0. The lowest BCUT2D eigenvalue weighted by molar-refractivity contribution is 0.0696. The van der Waals surface area contributed by atoms with Crippen molar-refractivity contribution in [1.82, 2.24) is 0 Å². The normalized spacial score (nSPS) is 10.5. The number of allylic oxidation sites excluding steroid dienone is 1. The average molecular weight is 236 g/mol. The minimum Gasteiger partial charge on any atom is -0.478 e. The molecule has 0 unspecified atom stereocenters. The lowest BCUT2D eigenvalue weighted by Gasteiger charge is -2.11. The average Bonchev–Trinajstić information content (AvgIpc) is 2.20. The molecule has 0 fully saturated rings. The van der Waals surface area contributed by atoms with Crippen LogP contribution in [0.5, 0.6) is 0 Å². The first kappa shape index (κ1) is 12.8. The Kier molecular flexibility index (Phi) is 4.19. The molecule has 16 heavy (non-hydrogen) atoms. The summed E-state index contributed by atoms with van der Waals surface area (Å²) in [6.07, 6.45) is 0. The van der Waals surface area contributed by atoms with Gasteiger partial charge in [0, 0.05) is 4.90 Å². The lowest BCUT2D eigenvalue weighted by atomic mass is 10.1. The summed E-state index contributed by atoms with van der Waals surface area (Å²) < 4.78 is 0. The Bertz CT molecular complexity index is 422. The molecule has 1 aromatic carbocycles. The Hall–Kier alpha value is -1.22. The molecule has 0 aliphatic heterocycles. The number of benzene rings is 1. The number of aryl methyl sites for hydroxylation is 1. The van der Waals surface area contributed by atoms with Crippen LogP contribution >= 0.6 is 11.8 Å². The molecule has 0 heterocycles. The quantitative estimate of drug-likeness (QED) is 0.804. The SMILES string of the molecule is C=C(Sc1cc(C(=O)O)ccc1C)C(C)C. The van der Waals surface area contributed by atoms with Crippen molar-refractivity contribution in [3.63, 3.8) is 0 Å². The number of aromatic carboxylic acids is 1. The third-order valence-corrected chi connectivity index (χ3v) is 3.71. The number of carboxylic acid groups (broad SMARTS) is 1. The Labute approximate surface area is 100 Å². The molecule has 0 saturated carbocycles. The van der Waals surface area contributed by atoms with Crippen LogP contribution in [0.4, 0.5) is 0 Å². The van der Waals surface area contributed by atoms with E-state index in [1.807, 2.05) is 13.0 Å². The monoisotopic (exact) mass is 236 g/mol. The summed E-state index contributed by atoms with van der Waals surface area (Å²) in [6.45, 7) is 10.1. The van der Waals surface area contributed by atoms with Crippen LogP contribution in [0.15, 0.2) is 34.6 Å². The van der Waals surface area contributed by atoms with Gasteiger partial charge in [0.1, 0.15) is 0 Å². The molecule has 0 aliphatic carbocycles. The van der Waals surface area contributed by atoms with Crippen LogP contribution in [0.3, 0.4) is 0 Å². The zero-order valence-electron chi connectivity index (χ0n) is 9.78. The van der Waals surface area contributed by atoms with Crippen LogP contribution in [0, 0.1) is 12.8 Å². The van der Waals surface area contributed by atoms with Gasteiger partial charge in [-0.1, -0.05) is 38.3 Å². The van der Waals surface area contributed by atoms with Gasteiger partial charge in [-0.05, 0) is 35.4 Å². The van der Waals surface area contributed by atoms with Crippen molar-refractivity contribution in [2.24, 2.45) is 5.92 Å². The summed E-state index contributed by atoms with van der Waals surface area (Å²) in [6, 6.07) is 5.16. The third kappa shape index (κ3) is 3.14. The molecule has 0 saturated heterocycles. The summed E-state index contributed by atoms with van der Waals surface area (Å²) in [4.78, 5) is 12.9. The first-order chi connectivity index (χ1) is 7.41. The summed E-state index contributed by atoms with van der Waals surface area (Å²) >= 11 is 1.55. The summed E-state index contributed by atoms with van der Waals surface area (Å²) in [5, 5.41) is 8.91. The van der Waals surface area contributed by atoms with E-state index in [-0.39, 0.29) is 0 Å². The Morgan fingerprint density at radius 2 is 2.06 bits per heavy atom. The fraction of sp³-hybridized carbons (Fsp3) is 0.308. The van der Waals surface area contributed by atoms with Gasteiger partial charge in [0.05, 0.1) is 5.56 Å². The van der Waals surface area contributed by atoms with Gasteiger partial charge in [-0.15, -0.1) is 0 Å². The van der Waals surface area contributed by atoms with E-state index in [1.165, 1.54) is 0 Å². The van der Waals surface area contributed by atoms with Crippen molar-refractivity contribution in [2.45, 2.75) is 25.7 Å². The molecular weight excluding hydrogens is 220 g/mol. The first-order valence-electron chi connectivity index (χ1n) is 5.12. The van der Waals surface area contributed by atoms with Crippen molar-refractivity contribution in [3.05, 3.63) is 40.8 Å². The maximum Gasteiger partial charge on any atom is 0.335 e. The van der Waals surface area contributed by atoms with Crippen LogP contribution in [0.25, 0.3) is 0 Å². The van der Waals surface area contributed by atoms with Gasteiger partial charge in [-0.3, -0.25) is 0 Å². The molecule has 2 nitrogen and oxygen atoms in total. The number of thioether (sulfide) groups is 1. The van der Waals surface area contributed by atoms with E-state index < -0.39 is 5.97 Å². The second-order valence-corrected chi connectivity index (χ2v) is 5.18. The van der Waals surface area contributed by atoms with Gasteiger partial charge < -0.3 is 5.11 Å². The van der Waals surface area contributed by atoms with Crippen LogP contribution in [0.2, 0.25) is 0 Å². The van der Waals surface area contributed by atoms with E-state index in [0.29, 0.717) is 11.5 Å². The highest BCUT2D eigenvalue weighted by atomic mass is 32.2. The topological polar surface area (TPSA) is 37.3 Å². The van der Waals surface area contributed by atoms with Crippen LogP contribution in [-0.4, -0.2) is 11.1 Å². The molecular formula is C13H16O2S. The highest BCUT2D eigenvalue weighted by Crippen LogP contribution is 2.33. The lowest BCUT2D eigenvalue weighted by Crippen LogP contribution is -1.97. The number of carbonyl (C=O) groups is 1. The fourth-order valence-electron chi connectivity index (χ4n) is 1.10. The molecule has 0 bridgehead atoms. The molecule has 0 radical (unpaired) electrons. The van der Waals surface area contributed by atoms with Crippen molar-refractivity contribution in [3.8, 4) is 0 Å². The molecule has 3 heteroatoms. The zero-order valence-corrected chi connectivity index (χ0v) is 10.6. The standard InChI is InChI=1S/C13H16O2S/c1-8(2)10(4)16-12-7-11(13(14)15)6-5-9(12)3/h5-8H,4H2,1-3H3,(H,14,15). The molecule has 0 aromatic heterocycles. The van der Waals surface area contributed by atoms with Gasteiger partial charge in [0.25, 0.3) is 0 Å². The van der Waals surface area contributed by atoms with E-state index in [9.17, 15) is 4.79 Å². The van der Waals surface area contributed by atoms with Gasteiger partial charge >= 0.3 is 5.97 Å². The number of hydrogen-bond donors (Lipinski definition) is 1. The predicted molar refractivity (Wildman–Crippen MR) is 68.0 cm³/mol. The van der Waals surface area contributed by atoms with E-state index in [2.05, 4.69) is 20.4 Å². The van der Waals surface area contributed by atoms with E-state index in [0.717, 1.165) is 15.4 Å². The maximum atomic E-state index is 10.9. The van der Waals surface area contributed by atoms with Crippen molar-refractivity contribution in [2.75, 3.05) is 0 Å². The maximum absolute atomic E-state index is 10.9. The summed E-state index contributed by atoms with van der Waals surface area (Å²) in [5.74, 6) is -0.505. The first-order valence-corrected chi connectivity index (χ1v) is 5.94. The van der Waals surface area contributed by atoms with E-state index in [4.69, 9.17) is 5.11 Å². The smallest absolute Gasteiger partial charge is 0.335 e. The van der Waals surface area contributed by atoms with Crippen LogP contribution < -0.4 is 0 Å². The Morgan fingerprint density at radius 3 is 2.56 bits per heavy atom. The molecule has 1 rings (SSSR count). The zero-order chi connectivity index (χ0) is 12.3. The van der Waals surface area contributed by atoms with Crippen molar-refractivity contribution < 1.29 is 9.90 Å². The molecule has 0 amide bonds. The van der Waals surface area contributed by atoms with Crippen molar-refractivity contribution in [1.29, 1.82) is 0 Å². The molecule has 86 valence electrons. The third-order valence-electron chi connectivity index (χ3n) is 2.32. The van der Waals surface area contributed by atoms with Gasteiger partial charge in [0.2, 0.25) is 0 Å². The van der Waals surface area contributed by atoms with Crippen LogP contribution in [-0.2, 0) is 0 Å². The van der Waals surface area contributed by atoms with Crippen molar-refractivity contribution >= 4 is 17.7 Å². The van der Waals surface area contributed by atoms with Gasteiger partial charge in [-0.2, -0.15) is 0 Å². The Morgan fingerprint density at radius 1 is 1.44 bits per heavy atom. The molecule has 1 N–H and O–H groups in total. The summed E-state index contributed by atoms with van der Waals surface area (Å²) in [5.41, 5.74) is 1.40. The number of hydrogen-bond acceptors (Lipinski definition) is 2. The molecule has 1 aromatic rings. The highest BCUT2D eigenvalue weighted by molar-refractivity contribution is 8.03. The van der Waals surface area contributed by atoms with Gasteiger partial charge in [0.15, 0.2) is 0 Å². The largest absolute Gasteiger partial charge is 0.478 e. The van der Waals surface area contributed by atoms with Gasteiger partial charge in [-0.25, -0.2) is 4.79 Å². The number of carboxylic acids is 1. The van der Waals surface area contributed by atoms with Crippen LogP contribution in [0.1, 0.15) is 29.8 Å². The number of rotatable bonds is 4. The molecule has 0 spiro atoms. The van der Waals surface area contributed by atoms with E-state index in [1.54, 1.807) is 23.9 Å². The minimum atomic E-state index is -0.892. The molecule has 0 aliphatic rings. The second-order valence-electron chi connectivity index (χ2n) is 4.01. The highest BCUT2D eigenvalue weighted by Gasteiger charge is 2.09. The fourth-order valence-corrected chi connectivity index (χ4v) is 2.04. The van der Waals surface area contributed by atoms with E-state index >= 15 is 0 Å². The minimum absolute atomic E-state index is 0.324.